The SMILES string of the molecule is O=C1c2ccccc2N[C@H](c2ccc(O)cc2O)N1c1ccccc1. The van der Waals surface area contributed by atoms with Crippen molar-refractivity contribution < 1.29 is 15.0 Å². The molecule has 0 aromatic heterocycles. The summed E-state index contributed by atoms with van der Waals surface area (Å²) in [6.45, 7) is 0. The van der Waals surface area contributed by atoms with Crippen LogP contribution in [0.4, 0.5) is 11.4 Å². The quantitative estimate of drug-likeness (QED) is 0.666. The average Bonchev–Trinajstić information content (AvgIpc) is 2.62. The Bertz CT molecular complexity index is 941. The van der Waals surface area contributed by atoms with Gasteiger partial charge in [-0.2, -0.15) is 0 Å². The number of carbonyl (C=O) groups excluding carboxylic acids is 1. The Balaban J connectivity index is 1.89. The second-order valence-corrected chi connectivity index (χ2v) is 5.85. The van der Waals surface area contributed by atoms with Gasteiger partial charge in [0.05, 0.1) is 5.56 Å². The highest BCUT2D eigenvalue weighted by molar-refractivity contribution is 6.12. The number of rotatable bonds is 2. The van der Waals surface area contributed by atoms with Gasteiger partial charge >= 0.3 is 0 Å². The Labute approximate surface area is 144 Å². The van der Waals surface area contributed by atoms with Crippen molar-refractivity contribution in [3.05, 3.63) is 83.9 Å². The third-order valence-corrected chi connectivity index (χ3v) is 4.27. The normalized spacial score (nSPS) is 16.2. The summed E-state index contributed by atoms with van der Waals surface area (Å²) in [5, 5.41) is 23.2. The van der Waals surface area contributed by atoms with Gasteiger partial charge in [0.2, 0.25) is 0 Å². The molecule has 124 valence electrons. The molecule has 4 rings (SSSR count). The van der Waals surface area contributed by atoms with Crippen LogP contribution >= 0.6 is 0 Å². The molecule has 1 heterocycles. The number of hydrogen-bond acceptors (Lipinski definition) is 4. The van der Waals surface area contributed by atoms with Crippen LogP contribution in [0.5, 0.6) is 11.5 Å². The molecule has 1 amide bonds. The van der Waals surface area contributed by atoms with Crippen LogP contribution in [0.2, 0.25) is 0 Å². The third kappa shape index (κ3) is 2.55. The summed E-state index contributed by atoms with van der Waals surface area (Å²) in [6.07, 6.45) is -0.592. The van der Waals surface area contributed by atoms with Gasteiger partial charge in [0.25, 0.3) is 5.91 Å². The molecule has 0 fully saturated rings. The topological polar surface area (TPSA) is 72.8 Å². The highest BCUT2D eigenvalue weighted by Gasteiger charge is 2.35. The number of hydrogen-bond donors (Lipinski definition) is 3. The highest BCUT2D eigenvalue weighted by Crippen LogP contribution is 2.39. The van der Waals surface area contributed by atoms with E-state index in [2.05, 4.69) is 5.32 Å². The molecule has 0 saturated carbocycles. The van der Waals surface area contributed by atoms with Gasteiger partial charge in [-0.1, -0.05) is 30.3 Å². The number of amides is 1. The second-order valence-electron chi connectivity index (χ2n) is 5.85. The predicted molar refractivity (Wildman–Crippen MR) is 95.8 cm³/mol. The van der Waals surface area contributed by atoms with E-state index in [9.17, 15) is 15.0 Å². The summed E-state index contributed by atoms with van der Waals surface area (Å²) in [5.41, 5.74) is 2.49. The molecule has 1 atom stereocenters. The summed E-state index contributed by atoms with van der Waals surface area (Å²) in [6, 6.07) is 20.9. The maximum absolute atomic E-state index is 13.1. The maximum atomic E-state index is 13.1. The monoisotopic (exact) mass is 332 g/mol. The molecule has 0 spiro atoms. The van der Waals surface area contributed by atoms with Crippen LogP contribution < -0.4 is 10.2 Å². The first-order chi connectivity index (χ1) is 12.1. The minimum atomic E-state index is -0.592. The summed E-state index contributed by atoms with van der Waals surface area (Å²) in [7, 11) is 0. The molecule has 1 aliphatic rings. The molecule has 0 unspecified atom stereocenters. The van der Waals surface area contributed by atoms with Crippen LogP contribution in [0, 0.1) is 0 Å². The lowest BCUT2D eigenvalue weighted by Crippen LogP contribution is -2.43. The van der Waals surface area contributed by atoms with E-state index in [1.807, 2.05) is 48.5 Å². The Morgan fingerprint density at radius 1 is 0.880 bits per heavy atom. The zero-order valence-electron chi connectivity index (χ0n) is 13.3. The van der Waals surface area contributed by atoms with E-state index in [0.717, 1.165) is 0 Å². The molecule has 25 heavy (non-hydrogen) atoms. The fourth-order valence-corrected chi connectivity index (χ4v) is 3.09. The number of nitrogens with one attached hydrogen (secondary N) is 1. The smallest absolute Gasteiger partial charge is 0.262 e. The lowest BCUT2D eigenvalue weighted by Gasteiger charge is -2.38. The summed E-state index contributed by atoms with van der Waals surface area (Å²) in [4.78, 5) is 14.7. The van der Waals surface area contributed by atoms with Crippen molar-refractivity contribution in [2.75, 3.05) is 10.2 Å². The van der Waals surface area contributed by atoms with Crippen molar-refractivity contribution in [3.8, 4) is 11.5 Å². The van der Waals surface area contributed by atoms with Crippen LogP contribution in [0.1, 0.15) is 22.1 Å². The molecule has 1 aliphatic heterocycles. The van der Waals surface area contributed by atoms with E-state index in [1.54, 1.807) is 17.0 Å². The number of nitrogens with zero attached hydrogens (tertiary/aromatic N) is 1. The van der Waals surface area contributed by atoms with Gasteiger partial charge < -0.3 is 15.5 Å². The van der Waals surface area contributed by atoms with E-state index in [0.29, 0.717) is 22.5 Å². The molecule has 0 radical (unpaired) electrons. The Morgan fingerprint density at radius 2 is 1.60 bits per heavy atom. The molecule has 0 aliphatic carbocycles. The van der Waals surface area contributed by atoms with E-state index in [4.69, 9.17) is 0 Å². The number of benzene rings is 3. The zero-order chi connectivity index (χ0) is 17.4. The standard InChI is InChI=1S/C20H16N2O3/c23-14-10-11-16(18(24)12-14)19-21-17-9-5-4-8-15(17)20(25)22(19)13-6-2-1-3-7-13/h1-12,19,21,23-24H/t19-/m0/s1. The van der Waals surface area contributed by atoms with Gasteiger partial charge in [-0.25, -0.2) is 0 Å². The first-order valence-electron chi connectivity index (χ1n) is 7.91. The largest absolute Gasteiger partial charge is 0.508 e. The van der Waals surface area contributed by atoms with Gasteiger partial charge in [-0.05, 0) is 36.4 Å². The van der Waals surface area contributed by atoms with Gasteiger partial charge in [0.15, 0.2) is 0 Å². The lowest BCUT2D eigenvalue weighted by atomic mass is 10.0. The van der Waals surface area contributed by atoms with Gasteiger partial charge in [-0.15, -0.1) is 0 Å². The molecule has 3 aromatic rings. The second kappa shape index (κ2) is 5.87. The Hall–Kier alpha value is -3.47. The third-order valence-electron chi connectivity index (χ3n) is 4.27. The van der Waals surface area contributed by atoms with E-state index in [-0.39, 0.29) is 17.4 Å². The Kier molecular flexibility index (Phi) is 3.54. The fourth-order valence-electron chi connectivity index (χ4n) is 3.09. The maximum Gasteiger partial charge on any atom is 0.262 e. The first-order valence-corrected chi connectivity index (χ1v) is 7.91. The van der Waals surface area contributed by atoms with Crippen molar-refractivity contribution in [3.63, 3.8) is 0 Å². The van der Waals surface area contributed by atoms with Crippen molar-refractivity contribution in [1.82, 2.24) is 0 Å². The van der Waals surface area contributed by atoms with E-state index in [1.165, 1.54) is 12.1 Å². The number of phenols is 2. The van der Waals surface area contributed by atoms with Crippen molar-refractivity contribution >= 4 is 17.3 Å². The van der Waals surface area contributed by atoms with Crippen LogP contribution in [0.3, 0.4) is 0 Å². The molecule has 3 aromatic carbocycles. The molecule has 0 saturated heterocycles. The van der Waals surface area contributed by atoms with Gasteiger partial charge in [0, 0.05) is 23.0 Å². The van der Waals surface area contributed by atoms with Gasteiger partial charge in [-0.3, -0.25) is 9.69 Å². The van der Waals surface area contributed by atoms with Crippen molar-refractivity contribution in [1.29, 1.82) is 0 Å². The summed E-state index contributed by atoms with van der Waals surface area (Å²) >= 11 is 0. The minimum absolute atomic E-state index is 0.0324. The number of anilines is 2. The number of para-hydroxylation sites is 2. The molecular weight excluding hydrogens is 316 g/mol. The predicted octanol–water partition coefficient (Wildman–Crippen LogP) is 3.87. The van der Waals surface area contributed by atoms with Gasteiger partial charge in [0.1, 0.15) is 17.7 Å². The number of carbonyl (C=O) groups is 1. The van der Waals surface area contributed by atoms with E-state index < -0.39 is 6.17 Å². The van der Waals surface area contributed by atoms with Crippen molar-refractivity contribution in [2.24, 2.45) is 0 Å². The first kappa shape index (κ1) is 15.1. The van der Waals surface area contributed by atoms with E-state index >= 15 is 0 Å². The molecule has 5 heteroatoms. The Morgan fingerprint density at radius 3 is 2.36 bits per heavy atom. The number of phenolic OH excluding ortho intramolecular Hbond substituents is 2. The summed E-state index contributed by atoms with van der Waals surface area (Å²) in [5.74, 6) is -0.265. The fraction of sp³-hybridized carbons (Fsp3) is 0.0500. The number of aromatic hydroxyl groups is 2. The molecule has 0 bridgehead atoms. The lowest BCUT2D eigenvalue weighted by molar-refractivity contribution is 0.0974. The zero-order valence-corrected chi connectivity index (χ0v) is 13.3. The summed E-state index contributed by atoms with van der Waals surface area (Å²) < 4.78 is 0. The van der Waals surface area contributed by atoms with Crippen molar-refractivity contribution in [2.45, 2.75) is 6.17 Å². The average molecular weight is 332 g/mol. The molecule has 3 N–H and O–H groups in total. The van der Waals surface area contributed by atoms with Crippen LogP contribution in [0.15, 0.2) is 72.8 Å². The van der Waals surface area contributed by atoms with Crippen LogP contribution in [-0.4, -0.2) is 16.1 Å². The minimum Gasteiger partial charge on any atom is -0.508 e. The van der Waals surface area contributed by atoms with Crippen LogP contribution in [-0.2, 0) is 0 Å². The van der Waals surface area contributed by atoms with Crippen LogP contribution in [0.25, 0.3) is 0 Å². The molecule has 5 nitrogen and oxygen atoms in total. The number of fused-ring (bicyclic) bond motifs is 1. The highest BCUT2D eigenvalue weighted by atomic mass is 16.3. The molecular formula is C20H16N2O3.